The molecule has 1 amide bonds. The summed E-state index contributed by atoms with van der Waals surface area (Å²) in [6.07, 6.45) is 4.86. The SMILES string of the molecule is O=C(Nc1c[nH]ccc1=O)c1cn(Cc2ccccc2)c2ccccc12. The van der Waals surface area contributed by atoms with E-state index >= 15 is 0 Å². The number of nitrogens with one attached hydrogen (secondary N) is 2. The lowest BCUT2D eigenvalue weighted by Gasteiger charge is -2.05. The van der Waals surface area contributed by atoms with Crippen LogP contribution in [0.1, 0.15) is 15.9 Å². The van der Waals surface area contributed by atoms with Crippen LogP contribution >= 0.6 is 0 Å². The number of benzene rings is 2. The highest BCUT2D eigenvalue weighted by Gasteiger charge is 2.16. The monoisotopic (exact) mass is 343 g/mol. The summed E-state index contributed by atoms with van der Waals surface area (Å²) in [6.45, 7) is 0.667. The van der Waals surface area contributed by atoms with Gasteiger partial charge in [0, 0.05) is 42.1 Å². The Hall–Kier alpha value is -3.60. The molecule has 26 heavy (non-hydrogen) atoms. The minimum absolute atomic E-state index is 0.231. The molecule has 0 aliphatic rings. The minimum atomic E-state index is -0.301. The van der Waals surface area contributed by atoms with Crippen molar-refractivity contribution in [2.45, 2.75) is 6.54 Å². The molecule has 0 radical (unpaired) electrons. The molecule has 5 heteroatoms. The van der Waals surface area contributed by atoms with Crippen molar-refractivity contribution in [2.75, 3.05) is 5.32 Å². The van der Waals surface area contributed by atoms with Crippen molar-refractivity contribution >= 4 is 22.5 Å². The van der Waals surface area contributed by atoms with E-state index in [1.165, 1.54) is 18.5 Å². The quantitative estimate of drug-likeness (QED) is 0.594. The van der Waals surface area contributed by atoms with Crippen molar-refractivity contribution in [2.24, 2.45) is 0 Å². The van der Waals surface area contributed by atoms with Crippen molar-refractivity contribution in [3.8, 4) is 0 Å². The number of amides is 1. The average molecular weight is 343 g/mol. The third-order valence-corrected chi connectivity index (χ3v) is 4.30. The van der Waals surface area contributed by atoms with E-state index in [1.54, 1.807) is 0 Å². The van der Waals surface area contributed by atoms with E-state index < -0.39 is 0 Å². The molecular weight excluding hydrogens is 326 g/mol. The number of H-pyrrole nitrogens is 1. The number of para-hydroxylation sites is 1. The minimum Gasteiger partial charge on any atom is -0.366 e. The van der Waals surface area contributed by atoms with Gasteiger partial charge in [-0.1, -0.05) is 48.5 Å². The Labute approximate surface area is 149 Å². The van der Waals surface area contributed by atoms with E-state index in [1.807, 2.05) is 48.7 Å². The second-order valence-electron chi connectivity index (χ2n) is 6.05. The predicted molar refractivity (Wildman–Crippen MR) is 102 cm³/mol. The Balaban J connectivity index is 1.72. The van der Waals surface area contributed by atoms with Gasteiger partial charge in [-0.3, -0.25) is 9.59 Å². The molecule has 4 aromatic rings. The van der Waals surface area contributed by atoms with Crippen LogP contribution in [0.3, 0.4) is 0 Å². The van der Waals surface area contributed by atoms with Crippen LogP contribution in [0.5, 0.6) is 0 Å². The maximum absolute atomic E-state index is 12.8. The summed E-state index contributed by atoms with van der Waals surface area (Å²) < 4.78 is 2.05. The summed E-state index contributed by atoms with van der Waals surface area (Å²) in [7, 11) is 0. The zero-order valence-electron chi connectivity index (χ0n) is 14.0. The lowest BCUT2D eigenvalue weighted by Crippen LogP contribution is -2.17. The standard InChI is InChI=1S/C21H17N3O2/c25-20-10-11-22-12-18(20)23-21(26)17-14-24(13-15-6-2-1-3-7-15)19-9-5-4-8-16(17)19/h1-12,14H,13H2,(H,22,25)(H,23,26). The van der Waals surface area contributed by atoms with Crippen LogP contribution in [0.4, 0.5) is 5.69 Å². The number of aromatic nitrogens is 2. The number of aromatic amines is 1. The summed E-state index contributed by atoms with van der Waals surface area (Å²) >= 11 is 0. The van der Waals surface area contributed by atoms with Crippen LogP contribution in [-0.2, 0) is 6.54 Å². The van der Waals surface area contributed by atoms with Crippen molar-refractivity contribution in [3.63, 3.8) is 0 Å². The molecule has 128 valence electrons. The number of carbonyl (C=O) groups is 1. The number of fused-ring (bicyclic) bond motifs is 1. The first-order chi connectivity index (χ1) is 12.7. The van der Waals surface area contributed by atoms with E-state index in [4.69, 9.17) is 0 Å². The van der Waals surface area contributed by atoms with Gasteiger partial charge in [-0.15, -0.1) is 0 Å². The number of hydrogen-bond acceptors (Lipinski definition) is 2. The lowest BCUT2D eigenvalue weighted by atomic mass is 10.1. The van der Waals surface area contributed by atoms with Crippen LogP contribution in [0.2, 0.25) is 0 Å². The molecule has 0 aliphatic carbocycles. The zero-order chi connectivity index (χ0) is 17.9. The molecule has 2 aromatic heterocycles. The maximum atomic E-state index is 12.8. The first-order valence-electron chi connectivity index (χ1n) is 8.32. The molecule has 2 heterocycles. The topological polar surface area (TPSA) is 66.9 Å². The molecule has 0 unspecified atom stereocenters. The van der Waals surface area contributed by atoms with Gasteiger partial charge in [0.1, 0.15) is 5.69 Å². The Morgan fingerprint density at radius 3 is 2.58 bits per heavy atom. The molecule has 0 fully saturated rings. The number of nitrogens with zero attached hydrogens (tertiary/aromatic N) is 1. The summed E-state index contributed by atoms with van der Waals surface area (Å²) in [6, 6.07) is 19.2. The Morgan fingerprint density at radius 2 is 1.77 bits per heavy atom. The molecule has 2 aromatic carbocycles. The van der Waals surface area contributed by atoms with E-state index in [0.29, 0.717) is 12.1 Å². The van der Waals surface area contributed by atoms with Gasteiger partial charge in [-0.2, -0.15) is 0 Å². The van der Waals surface area contributed by atoms with Crippen LogP contribution in [0, 0.1) is 0 Å². The molecule has 4 rings (SSSR count). The third-order valence-electron chi connectivity index (χ3n) is 4.30. The average Bonchev–Trinajstić information content (AvgIpc) is 3.03. The lowest BCUT2D eigenvalue weighted by molar-refractivity contribution is 0.102. The molecule has 5 nitrogen and oxygen atoms in total. The van der Waals surface area contributed by atoms with E-state index in [0.717, 1.165) is 16.5 Å². The third kappa shape index (κ3) is 3.02. The van der Waals surface area contributed by atoms with Gasteiger partial charge in [0.15, 0.2) is 0 Å². The van der Waals surface area contributed by atoms with Gasteiger partial charge >= 0.3 is 0 Å². The Kier molecular flexibility index (Phi) is 4.11. The van der Waals surface area contributed by atoms with Crippen molar-refractivity contribution in [1.82, 2.24) is 9.55 Å². The summed E-state index contributed by atoms with van der Waals surface area (Å²) in [5.41, 5.74) is 2.67. The molecule has 0 saturated heterocycles. The Morgan fingerprint density at radius 1 is 1.00 bits per heavy atom. The fraction of sp³-hybridized carbons (Fsp3) is 0.0476. The van der Waals surface area contributed by atoms with Gasteiger partial charge in [0.25, 0.3) is 5.91 Å². The number of rotatable bonds is 4. The van der Waals surface area contributed by atoms with E-state index in [9.17, 15) is 9.59 Å². The van der Waals surface area contributed by atoms with Gasteiger partial charge in [-0.25, -0.2) is 0 Å². The maximum Gasteiger partial charge on any atom is 0.257 e. The predicted octanol–water partition coefficient (Wildman–Crippen LogP) is 3.63. The fourth-order valence-electron chi connectivity index (χ4n) is 3.04. The molecule has 0 bridgehead atoms. The number of hydrogen-bond donors (Lipinski definition) is 2. The van der Waals surface area contributed by atoms with Crippen LogP contribution < -0.4 is 10.7 Å². The van der Waals surface area contributed by atoms with Gasteiger partial charge in [-0.05, 0) is 11.6 Å². The number of pyridine rings is 1. The highest BCUT2D eigenvalue weighted by Crippen LogP contribution is 2.23. The largest absolute Gasteiger partial charge is 0.366 e. The van der Waals surface area contributed by atoms with Crippen molar-refractivity contribution < 1.29 is 4.79 Å². The van der Waals surface area contributed by atoms with Gasteiger partial charge < -0.3 is 14.9 Å². The van der Waals surface area contributed by atoms with Crippen LogP contribution in [0.25, 0.3) is 10.9 Å². The molecule has 0 aliphatic heterocycles. The summed E-state index contributed by atoms with van der Waals surface area (Å²) in [4.78, 5) is 27.4. The van der Waals surface area contributed by atoms with Gasteiger partial charge in [0.05, 0.1) is 5.56 Å². The highest BCUT2D eigenvalue weighted by atomic mass is 16.2. The molecule has 0 saturated carbocycles. The molecule has 2 N–H and O–H groups in total. The second kappa shape index (κ2) is 6.72. The second-order valence-corrected chi connectivity index (χ2v) is 6.05. The smallest absolute Gasteiger partial charge is 0.257 e. The molecule has 0 spiro atoms. The molecular formula is C21H17N3O2. The summed E-state index contributed by atoms with van der Waals surface area (Å²) in [5.74, 6) is -0.301. The summed E-state index contributed by atoms with van der Waals surface area (Å²) in [5, 5.41) is 3.55. The first-order valence-corrected chi connectivity index (χ1v) is 8.32. The zero-order valence-corrected chi connectivity index (χ0v) is 14.0. The van der Waals surface area contributed by atoms with Crippen molar-refractivity contribution in [1.29, 1.82) is 0 Å². The highest BCUT2D eigenvalue weighted by molar-refractivity contribution is 6.12. The number of anilines is 1. The Bertz CT molecular complexity index is 1130. The van der Waals surface area contributed by atoms with Crippen LogP contribution in [0.15, 0.2) is 84.0 Å². The van der Waals surface area contributed by atoms with Crippen molar-refractivity contribution in [3.05, 3.63) is 101 Å². The first kappa shape index (κ1) is 15.9. The van der Waals surface area contributed by atoms with Gasteiger partial charge in [0.2, 0.25) is 5.43 Å². The number of carbonyl (C=O) groups excluding carboxylic acids is 1. The fourth-order valence-corrected chi connectivity index (χ4v) is 3.04. The van der Waals surface area contributed by atoms with E-state index in [-0.39, 0.29) is 17.0 Å². The normalized spacial score (nSPS) is 10.8. The van der Waals surface area contributed by atoms with Crippen LogP contribution in [-0.4, -0.2) is 15.5 Å². The molecule has 0 atom stereocenters. The van der Waals surface area contributed by atoms with E-state index in [2.05, 4.69) is 27.0 Å².